The summed E-state index contributed by atoms with van der Waals surface area (Å²) in [5.74, 6) is 0.867. The number of benzene rings is 1. The minimum Gasteiger partial charge on any atom is -0.291 e. The summed E-state index contributed by atoms with van der Waals surface area (Å²) in [5, 5.41) is 13.9. The van der Waals surface area contributed by atoms with Crippen LogP contribution in [0.5, 0.6) is 0 Å². The van der Waals surface area contributed by atoms with Crippen LogP contribution >= 0.6 is 0 Å². The van der Waals surface area contributed by atoms with Crippen molar-refractivity contribution in [3.63, 3.8) is 0 Å². The molecule has 3 atom stereocenters. The smallest absolute Gasteiger partial charge is 0.204 e. The first-order valence-electron chi connectivity index (χ1n) is 7.36. The Morgan fingerprint density at radius 1 is 1.41 bits per heavy atom. The molecule has 2 aromatic rings. The summed E-state index contributed by atoms with van der Waals surface area (Å²) in [6.45, 7) is 2.77. The van der Waals surface area contributed by atoms with Gasteiger partial charge in [-0.15, -0.1) is 10.2 Å². The number of aromatic nitrogens is 4. The highest BCUT2D eigenvalue weighted by Crippen LogP contribution is 2.38. The summed E-state index contributed by atoms with van der Waals surface area (Å²) in [6, 6.07) is 8.37. The van der Waals surface area contributed by atoms with Crippen molar-refractivity contribution < 1.29 is 8.42 Å². The van der Waals surface area contributed by atoms with E-state index in [0.29, 0.717) is 18.1 Å². The zero-order chi connectivity index (χ0) is 15.3. The molecule has 0 saturated carbocycles. The van der Waals surface area contributed by atoms with Gasteiger partial charge in [-0.1, -0.05) is 18.2 Å². The molecule has 22 heavy (non-hydrogen) atoms. The minimum atomic E-state index is -2.85. The predicted octanol–water partition coefficient (Wildman–Crippen LogP) is 0.799. The quantitative estimate of drug-likeness (QED) is 0.899. The lowest BCUT2D eigenvalue weighted by atomic mass is 10.0. The first kappa shape index (κ1) is 13.8. The van der Waals surface area contributed by atoms with Gasteiger partial charge in [0.25, 0.3) is 0 Å². The molecule has 4 rings (SSSR count). The van der Waals surface area contributed by atoms with Gasteiger partial charge in [-0.3, -0.25) is 4.90 Å². The molecule has 1 unspecified atom stereocenters. The van der Waals surface area contributed by atoms with E-state index in [0.717, 1.165) is 17.5 Å². The molecule has 1 aromatic heterocycles. The maximum Gasteiger partial charge on any atom is 0.204 e. The molecule has 1 aromatic carbocycles. The number of hydrogen-bond donors (Lipinski definition) is 1. The van der Waals surface area contributed by atoms with Gasteiger partial charge in [-0.05, 0) is 30.2 Å². The maximum absolute atomic E-state index is 11.9. The summed E-state index contributed by atoms with van der Waals surface area (Å²) in [6.07, 6.45) is 0.775. The highest BCUT2D eigenvalue weighted by Gasteiger charge is 2.49. The number of nitrogens with zero attached hydrogens (tertiary/aromatic N) is 4. The Morgan fingerprint density at radius 3 is 2.91 bits per heavy atom. The second kappa shape index (κ2) is 4.85. The molecule has 2 fully saturated rings. The number of tetrazole rings is 1. The monoisotopic (exact) mass is 319 g/mol. The van der Waals surface area contributed by atoms with Crippen molar-refractivity contribution >= 4 is 9.84 Å². The van der Waals surface area contributed by atoms with Gasteiger partial charge in [-0.25, -0.2) is 8.42 Å². The fourth-order valence-electron chi connectivity index (χ4n) is 3.61. The minimum absolute atomic E-state index is 0.152. The van der Waals surface area contributed by atoms with Crippen LogP contribution in [0.4, 0.5) is 0 Å². The Labute approximate surface area is 128 Å². The van der Waals surface area contributed by atoms with Crippen molar-refractivity contribution in [1.82, 2.24) is 25.5 Å². The van der Waals surface area contributed by atoms with E-state index < -0.39 is 9.84 Å². The van der Waals surface area contributed by atoms with Crippen molar-refractivity contribution in [2.75, 3.05) is 12.3 Å². The van der Waals surface area contributed by atoms with Crippen LogP contribution in [0.15, 0.2) is 24.3 Å². The number of likely N-dealkylation sites (tertiary alicyclic amines) is 1. The Morgan fingerprint density at radius 2 is 2.27 bits per heavy atom. The highest BCUT2D eigenvalue weighted by atomic mass is 32.2. The van der Waals surface area contributed by atoms with Crippen molar-refractivity contribution in [2.24, 2.45) is 0 Å². The second-order valence-electron chi connectivity index (χ2n) is 6.07. The molecule has 116 valence electrons. The van der Waals surface area contributed by atoms with E-state index in [4.69, 9.17) is 0 Å². The molecule has 0 spiro atoms. The number of fused-ring (bicyclic) bond motifs is 2. The Hall–Kier alpha value is -1.80. The van der Waals surface area contributed by atoms with Gasteiger partial charge in [0.1, 0.15) is 0 Å². The van der Waals surface area contributed by atoms with Gasteiger partial charge in [0, 0.05) is 24.2 Å². The van der Waals surface area contributed by atoms with E-state index in [1.54, 1.807) is 0 Å². The molecular weight excluding hydrogens is 302 g/mol. The van der Waals surface area contributed by atoms with Crippen LogP contribution in [-0.2, 0) is 9.84 Å². The molecule has 2 bridgehead atoms. The summed E-state index contributed by atoms with van der Waals surface area (Å²) in [7, 11) is -2.85. The second-order valence-corrected chi connectivity index (χ2v) is 8.40. The molecule has 0 aliphatic carbocycles. The Kier molecular flexibility index (Phi) is 3.05. The lowest BCUT2D eigenvalue weighted by molar-refractivity contribution is 0.202. The van der Waals surface area contributed by atoms with E-state index in [2.05, 4.69) is 44.6 Å². The number of sulfone groups is 1. The molecular formula is C14H17N5O2S. The fraction of sp³-hybridized carbons (Fsp3) is 0.500. The predicted molar refractivity (Wildman–Crippen MR) is 80.7 cm³/mol. The van der Waals surface area contributed by atoms with Gasteiger partial charge in [0.15, 0.2) is 9.84 Å². The molecule has 7 nitrogen and oxygen atoms in total. The van der Waals surface area contributed by atoms with E-state index in [1.807, 2.05) is 12.1 Å². The van der Waals surface area contributed by atoms with Crippen molar-refractivity contribution in [3.05, 3.63) is 29.8 Å². The largest absolute Gasteiger partial charge is 0.291 e. The third kappa shape index (κ3) is 2.14. The van der Waals surface area contributed by atoms with E-state index in [1.165, 1.54) is 0 Å². The van der Waals surface area contributed by atoms with Gasteiger partial charge >= 0.3 is 0 Å². The molecule has 8 heteroatoms. The SMILES string of the molecule is CC(c1cccc(-c2nn[nH]n2)c1)N1C[C@@H]2C[C@H]1CS2(=O)=O. The number of nitrogens with one attached hydrogen (secondary N) is 1. The summed E-state index contributed by atoms with van der Waals surface area (Å²) < 4.78 is 23.8. The average Bonchev–Trinajstić information content (AvgIpc) is 3.21. The molecule has 2 aliphatic rings. The van der Waals surface area contributed by atoms with Gasteiger partial charge in [0.05, 0.1) is 11.0 Å². The topological polar surface area (TPSA) is 91.8 Å². The number of hydrogen-bond acceptors (Lipinski definition) is 6. The Bertz CT molecular complexity index is 789. The number of aromatic amines is 1. The van der Waals surface area contributed by atoms with Crippen molar-refractivity contribution in [1.29, 1.82) is 0 Å². The molecule has 2 saturated heterocycles. The fourth-order valence-corrected chi connectivity index (χ4v) is 5.66. The number of rotatable bonds is 3. The third-order valence-electron chi connectivity index (χ3n) is 4.82. The molecule has 3 heterocycles. The summed E-state index contributed by atoms with van der Waals surface area (Å²) >= 11 is 0. The molecule has 0 radical (unpaired) electrons. The summed E-state index contributed by atoms with van der Waals surface area (Å²) in [4.78, 5) is 2.31. The third-order valence-corrected chi connectivity index (χ3v) is 7.03. The van der Waals surface area contributed by atoms with Crippen LogP contribution in [0, 0.1) is 0 Å². The van der Waals surface area contributed by atoms with Crippen LogP contribution < -0.4 is 0 Å². The van der Waals surface area contributed by atoms with Gasteiger partial charge in [0.2, 0.25) is 5.82 Å². The van der Waals surface area contributed by atoms with E-state index >= 15 is 0 Å². The first-order chi connectivity index (χ1) is 10.5. The van der Waals surface area contributed by atoms with Crippen LogP contribution in [0.1, 0.15) is 24.9 Å². The average molecular weight is 319 g/mol. The van der Waals surface area contributed by atoms with E-state index in [9.17, 15) is 8.42 Å². The normalized spacial score (nSPS) is 28.0. The molecule has 1 N–H and O–H groups in total. The maximum atomic E-state index is 11.9. The van der Waals surface area contributed by atoms with E-state index in [-0.39, 0.29) is 17.3 Å². The van der Waals surface area contributed by atoms with Gasteiger partial charge in [-0.2, -0.15) is 5.21 Å². The number of H-pyrrole nitrogens is 1. The van der Waals surface area contributed by atoms with Crippen LogP contribution in [0.25, 0.3) is 11.4 Å². The zero-order valence-electron chi connectivity index (χ0n) is 12.2. The van der Waals surface area contributed by atoms with Gasteiger partial charge < -0.3 is 0 Å². The summed E-state index contributed by atoms with van der Waals surface area (Å²) in [5.41, 5.74) is 2.06. The highest BCUT2D eigenvalue weighted by molar-refractivity contribution is 7.92. The molecule has 2 aliphatic heterocycles. The standard InChI is InChI=1S/C14H17N5O2S/c1-9(19-7-13-6-12(19)8-22(13,20)21)10-3-2-4-11(5-10)14-15-17-18-16-14/h2-5,9,12-13H,6-8H2,1H3,(H,15,16,17,18)/t9?,12-,13-/m0/s1. The van der Waals surface area contributed by atoms with Crippen molar-refractivity contribution in [3.8, 4) is 11.4 Å². The molecule has 0 amide bonds. The van der Waals surface area contributed by atoms with Crippen LogP contribution in [-0.4, -0.2) is 57.5 Å². The first-order valence-corrected chi connectivity index (χ1v) is 9.07. The van der Waals surface area contributed by atoms with Crippen LogP contribution in [0.2, 0.25) is 0 Å². The lowest BCUT2D eigenvalue weighted by Gasteiger charge is -2.32. The zero-order valence-corrected chi connectivity index (χ0v) is 13.0. The Balaban J connectivity index is 1.60. The van der Waals surface area contributed by atoms with Crippen molar-refractivity contribution in [2.45, 2.75) is 30.7 Å². The lowest BCUT2D eigenvalue weighted by Crippen LogP contribution is -2.41. The van der Waals surface area contributed by atoms with Crippen LogP contribution in [0.3, 0.4) is 0 Å².